The molecule has 0 aromatic heterocycles. The summed E-state index contributed by atoms with van der Waals surface area (Å²) in [6.45, 7) is 7.09. The Morgan fingerprint density at radius 2 is 2.22 bits per heavy atom. The molecule has 0 aliphatic rings. The van der Waals surface area contributed by atoms with Gasteiger partial charge in [-0.25, -0.2) is 0 Å². The molecule has 0 amide bonds. The monoisotopic (exact) mass is 124 g/mol. The lowest BCUT2D eigenvalue weighted by Gasteiger charge is -1.87. The minimum absolute atomic E-state index is 0.0414. The second-order valence-electron chi connectivity index (χ2n) is 1.89. The summed E-state index contributed by atoms with van der Waals surface area (Å²) in [7, 11) is 0. The van der Waals surface area contributed by atoms with Crippen molar-refractivity contribution in [3.8, 4) is 0 Å². The number of carbonyl (C=O) groups excluding carboxylic acids is 1. The maximum Gasteiger partial charge on any atom is 0.159 e. The number of ketones is 1. The summed E-state index contributed by atoms with van der Waals surface area (Å²) in [5.74, 6) is 0.0414. The van der Waals surface area contributed by atoms with E-state index in [1.165, 1.54) is 6.92 Å². The average Bonchev–Trinajstić information content (AvgIpc) is 1.82. The Hall–Kier alpha value is -0.850. The fourth-order valence-corrected chi connectivity index (χ4v) is 0.377. The van der Waals surface area contributed by atoms with Crippen molar-refractivity contribution >= 4 is 5.78 Å². The van der Waals surface area contributed by atoms with Crippen LogP contribution in [0.2, 0.25) is 0 Å². The van der Waals surface area contributed by atoms with Crippen LogP contribution in [-0.2, 0) is 4.79 Å². The van der Waals surface area contributed by atoms with Crippen molar-refractivity contribution < 1.29 is 4.79 Å². The number of Topliss-reactive ketones (excluding diaryl/α,β-unsaturated/α-hetero) is 1. The highest BCUT2D eigenvalue weighted by Gasteiger charge is 1.91. The average molecular weight is 124 g/mol. The zero-order valence-electron chi connectivity index (χ0n) is 5.98. The first-order valence-electron chi connectivity index (χ1n) is 3.05. The Balaban J connectivity index is 3.77. The molecule has 0 bridgehead atoms. The van der Waals surface area contributed by atoms with Crippen molar-refractivity contribution in [2.45, 2.75) is 20.3 Å². The van der Waals surface area contributed by atoms with Crippen LogP contribution in [0.25, 0.3) is 0 Å². The molecule has 0 heterocycles. The lowest BCUT2D eigenvalue weighted by molar-refractivity contribution is -0.113. The third-order valence-corrected chi connectivity index (χ3v) is 1.01. The molecule has 0 fully saturated rings. The largest absolute Gasteiger partial charge is 0.295 e. The molecule has 0 aliphatic carbocycles. The summed E-state index contributed by atoms with van der Waals surface area (Å²) in [4.78, 5) is 10.5. The van der Waals surface area contributed by atoms with E-state index < -0.39 is 0 Å². The minimum atomic E-state index is 0.0414. The summed E-state index contributed by atoms with van der Waals surface area (Å²) < 4.78 is 0. The highest BCUT2D eigenvalue weighted by Crippen LogP contribution is 1.94. The minimum Gasteiger partial charge on any atom is -0.295 e. The molecule has 9 heavy (non-hydrogen) atoms. The fourth-order valence-electron chi connectivity index (χ4n) is 0.377. The third-order valence-electron chi connectivity index (χ3n) is 1.01. The van der Waals surface area contributed by atoms with Gasteiger partial charge in [0, 0.05) is 5.57 Å². The van der Waals surface area contributed by atoms with Crippen molar-refractivity contribution in [1.82, 2.24) is 0 Å². The topological polar surface area (TPSA) is 17.1 Å². The maximum atomic E-state index is 10.5. The molecule has 0 spiro atoms. The zero-order chi connectivity index (χ0) is 7.28. The Morgan fingerprint density at radius 1 is 1.67 bits per heavy atom. The van der Waals surface area contributed by atoms with Crippen LogP contribution in [0.3, 0.4) is 0 Å². The molecule has 0 radical (unpaired) electrons. The predicted molar refractivity (Wildman–Crippen MR) is 39.3 cm³/mol. The van der Waals surface area contributed by atoms with Gasteiger partial charge in [-0.3, -0.25) is 4.79 Å². The summed E-state index contributed by atoms with van der Waals surface area (Å²) >= 11 is 0. The molecule has 0 saturated heterocycles. The van der Waals surface area contributed by atoms with E-state index in [0.717, 1.165) is 6.42 Å². The van der Waals surface area contributed by atoms with Crippen LogP contribution >= 0.6 is 0 Å². The molecule has 0 aromatic carbocycles. The van der Waals surface area contributed by atoms with Gasteiger partial charge in [-0.15, -0.1) is 0 Å². The Kier molecular flexibility index (Phi) is 3.69. The quantitative estimate of drug-likeness (QED) is 0.416. The van der Waals surface area contributed by atoms with E-state index in [9.17, 15) is 4.79 Å². The van der Waals surface area contributed by atoms with E-state index in [0.29, 0.717) is 5.57 Å². The summed E-state index contributed by atoms with van der Waals surface area (Å²) in [6, 6.07) is 0. The van der Waals surface area contributed by atoms with E-state index in [4.69, 9.17) is 0 Å². The second kappa shape index (κ2) is 4.07. The zero-order valence-corrected chi connectivity index (χ0v) is 5.98. The van der Waals surface area contributed by atoms with Crippen molar-refractivity contribution in [1.29, 1.82) is 0 Å². The summed E-state index contributed by atoms with van der Waals surface area (Å²) in [6.07, 6.45) is 4.62. The fraction of sp³-hybridized carbons (Fsp3) is 0.375. The summed E-state index contributed by atoms with van der Waals surface area (Å²) in [5, 5.41) is 0. The molecule has 1 nitrogen and oxygen atoms in total. The molecule has 0 unspecified atom stereocenters. The Labute approximate surface area is 56.1 Å². The first kappa shape index (κ1) is 8.15. The van der Waals surface area contributed by atoms with Gasteiger partial charge in [-0.1, -0.05) is 25.7 Å². The van der Waals surface area contributed by atoms with Crippen LogP contribution < -0.4 is 0 Å². The van der Waals surface area contributed by atoms with Gasteiger partial charge < -0.3 is 0 Å². The molecule has 0 aromatic rings. The number of allylic oxidation sites excluding steroid dienone is 3. The van der Waals surface area contributed by atoms with E-state index in [1.807, 2.05) is 13.0 Å². The Morgan fingerprint density at radius 3 is 2.56 bits per heavy atom. The van der Waals surface area contributed by atoms with Gasteiger partial charge in [-0.05, 0) is 13.3 Å². The van der Waals surface area contributed by atoms with Crippen LogP contribution in [0.1, 0.15) is 20.3 Å². The molecule has 0 aliphatic heterocycles. The first-order chi connectivity index (χ1) is 4.18. The molecule has 50 valence electrons. The van der Waals surface area contributed by atoms with E-state index in [2.05, 4.69) is 6.58 Å². The van der Waals surface area contributed by atoms with Crippen LogP contribution in [0.15, 0.2) is 24.3 Å². The van der Waals surface area contributed by atoms with Gasteiger partial charge in [0.25, 0.3) is 0 Å². The number of rotatable bonds is 3. The van der Waals surface area contributed by atoms with Crippen molar-refractivity contribution in [2.24, 2.45) is 0 Å². The van der Waals surface area contributed by atoms with Gasteiger partial charge in [0.15, 0.2) is 5.78 Å². The predicted octanol–water partition coefficient (Wildman–Crippen LogP) is 2.10. The van der Waals surface area contributed by atoms with Crippen LogP contribution in [-0.4, -0.2) is 5.78 Å². The van der Waals surface area contributed by atoms with E-state index >= 15 is 0 Å². The van der Waals surface area contributed by atoms with Crippen LogP contribution in [0.5, 0.6) is 0 Å². The third kappa shape index (κ3) is 3.71. The maximum absolute atomic E-state index is 10.5. The molecule has 0 atom stereocenters. The van der Waals surface area contributed by atoms with E-state index in [1.54, 1.807) is 6.08 Å². The van der Waals surface area contributed by atoms with Crippen molar-refractivity contribution in [3.63, 3.8) is 0 Å². The molecular formula is C8H12O. The van der Waals surface area contributed by atoms with Gasteiger partial charge in [0.05, 0.1) is 0 Å². The Bertz CT molecular complexity index is 143. The molecule has 0 rings (SSSR count). The smallest absolute Gasteiger partial charge is 0.159 e. The van der Waals surface area contributed by atoms with Crippen LogP contribution in [0.4, 0.5) is 0 Å². The lowest BCUT2D eigenvalue weighted by atomic mass is 10.2. The van der Waals surface area contributed by atoms with Gasteiger partial charge >= 0.3 is 0 Å². The molecule has 0 N–H and O–H groups in total. The van der Waals surface area contributed by atoms with Gasteiger partial charge in [0.1, 0.15) is 0 Å². The van der Waals surface area contributed by atoms with Gasteiger partial charge in [-0.2, -0.15) is 0 Å². The molecule has 0 saturated carbocycles. The van der Waals surface area contributed by atoms with Crippen LogP contribution in [0, 0.1) is 0 Å². The molecule has 1 heteroatoms. The van der Waals surface area contributed by atoms with Crippen molar-refractivity contribution in [3.05, 3.63) is 24.3 Å². The standard InChI is InChI=1S/C8H12O/c1-4-5-6-7(2)8(3)9/h5-6H,2,4H2,1,3H3/b6-5-. The van der Waals surface area contributed by atoms with Crippen molar-refractivity contribution in [2.75, 3.05) is 0 Å². The SMILES string of the molecule is C=C(/C=C\CC)C(C)=O. The normalized spacial score (nSPS) is 10.0. The van der Waals surface area contributed by atoms with E-state index in [-0.39, 0.29) is 5.78 Å². The number of hydrogen-bond donors (Lipinski definition) is 0. The second-order valence-corrected chi connectivity index (χ2v) is 1.89. The first-order valence-corrected chi connectivity index (χ1v) is 3.05. The van der Waals surface area contributed by atoms with Gasteiger partial charge in [0.2, 0.25) is 0 Å². The highest BCUT2D eigenvalue weighted by molar-refractivity contribution is 5.95. The number of hydrogen-bond acceptors (Lipinski definition) is 1. The number of carbonyl (C=O) groups is 1. The summed E-state index contributed by atoms with van der Waals surface area (Å²) in [5.41, 5.74) is 0.580. The highest BCUT2D eigenvalue weighted by atomic mass is 16.1. The lowest BCUT2D eigenvalue weighted by Crippen LogP contribution is -1.89. The molecular weight excluding hydrogens is 112 g/mol.